The number of aryl methyl sites for hydroxylation is 1. The van der Waals surface area contributed by atoms with Gasteiger partial charge in [-0.25, -0.2) is 9.66 Å². The predicted octanol–water partition coefficient (Wildman–Crippen LogP) is 2.02. The SMILES string of the molecule is Cc1ccc(CC(=O)Nn2cnc3ccccc3c2=O)cc1. The summed E-state index contributed by atoms with van der Waals surface area (Å²) in [6.45, 7) is 1.99. The van der Waals surface area contributed by atoms with Gasteiger partial charge in [0.25, 0.3) is 5.56 Å². The number of nitrogens with zero attached hydrogens (tertiary/aromatic N) is 2. The number of para-hydroxylation sites is 1. The van der Waals surface area contributed by atoms with Gasteiger partial charge in [0, 0.05) is 0 Å². The smallest absolute Gasteiger partial charge is 0.273 e. The van der Waals surface area contributed by atoms with Crippen LogP contribution in [0.25, 0.3) is 10.9 Å². The molecule has 1 N–H and O–H groups in total. The summed E-state index contributed by atoms with van der Waals surface area (Å²) in [5.74, 6) is -0.261. The Bertz CT molecular complexity index is 882. The Morgan fingerprint density at radius 2 is 1.86 bits per heavy atom. The lowest BCUT2D eigenvalue weighted by molar-refractivity contribution is -0.116. The van der Waals surface area contributed by atoms with Crippen LogP contribution in [0.2, 0.25) is 0 Å². The first-order valence-electron chi connectivity index (χ1n) is 6.95. The summed E-state index contributed by atoms with van der Waals surface area (Å²) in [5.41, 5.74) is 4.92. The number of nitrogens with one attached hydrogen (secondary N) is 1. The van der Waals surface area contributed by atoms with Crippen LogP contribution in [-0.4, -0.2) is 15.6 Å². The van der Waals surface area contributed by atoms with E-state index in [2.05, 4.69) is 10.4 Å². The minimum atomic E-state index is -0.289. The standard InChI is InChI=1S/C17H15N3O2/c1-12-6-8-13(9-7-12)10-16(21)19-20-11-18-15-5-3-2-4-14(15)17(20)22/h2-9,11H,10H2,1H3,(H,19,21). The lowest BCUT2D eigenvalue weighted by atomic mass is 10.1. The molecule has 110 valence electrons. The molecule has 1 aromatic heterocycles. The lowest BCUT2D eigenvalue weighted by Gasteiger charge is -2.08. The van der Waals surface area contributed by atoms with Gasteiger partial charge >= 0.3 is 0 Å². The predicted molar refractivity (Wildman–Crippen MR) is 85.3 cm³/mol. The van der Waals surface area contributed by atoms with E-state index in [-0.39, 0.29) is 17.9 Å². The molecule has 3 aromatic rings. The molecule has 22 heavy (non-hydrogen) atoms. The van der Waals surface area contributed by atoms with E-state index in [1.54, 1.807) is 18.2 Å². The van der Waals surface area contributed by atoms with Crippen molar-refractivity contribution in [1.29, 1.82) is 0 Å². The molecule has 3 rings (SSSR count). The van der Waals surface area contributed by atoms with Crippen LogP contribution >= 0.6 is 0 Å². The first kappa shape index (κ1) is 14.0. The lowest BCUT2D eigenvalue weighted by Crippen LogP contribution is -2.34. The maximum absolute atomic E-state index is 12.3. The number of aromatic nitrogens is 2. The number of carbonyl (C=O) groups excluding carboxylic acids is 1. The zero-order valence-electron chi connectivity index (χ0n) is 12.1. The minimum Gasteiger partial charge on any atom is -0.273 e. The highest BCUT2D eigenvalue weighted by molar-refractivity contribution is 5.86. The van der Waals surface area contributed by atoms with Gasteiger partial charge in [0.2, 0.25) is 5.91 Å². The van der Waals surface area contributed by atoms with Crippen LogP contribution in [0, 0.1) is 6.92 Å². The van der Waals surface area contributed by atoms with Crippen molar-refractivity contribution < 1.29 is 4.79 Å². The van der Waals surface area contributed by atoms with E-state index in [9.17, 15) is 9.59 Å². The van der Waals surface area contributed by atoms with Crippen LogP contribution in [-0.2, 0) is 11.2 Å². The topological polar surface area (TPSA) is 64.0 Å². The third-order valence-corrected chi connectivity index (χ3v) is 3.40. The number of carbonyl (C=O) groups is 1. The maximum Gasteiger partial charge on any atom is 0.280 e. The van der Waals surface area contributed by atoms with E-state index >= 15 is 0 Å². The van der Waals surface area contributed by atoms with Gasteiger partial charge in [0.15, 0.2) is 0 Å². The summed E-state index contributed by atoms with van der Waals surface area (Å²) in [6.07, 6.45) is 1.54. The average molecular weight is 293 g/mol. The molecule has 0 unspecified atom stereocenters. The van der Waals surface area contributed by atoms with Crippen LogP contribution in [0.1, 0.15) is 11.1 Å². The van der Waals surface area contributed by atoms with E-state index in [1.165, 1.54) is 6.33 Å². The summed E-state index contributed by atoms with van der Waals surface area (Å²) < 4.78 is 1.12. The van der Waals surface area contributed by atoms with Gasteiger partial charge in [-0.05, 0) is 24.6 Å². The van der Waals surface area contributed by atoms with Crippen molar-refractivity contribution in [3.05, 3.63) is 76.3 Å². The Kier molecular flexibility index (Phi) is 3.70. The summed E-state index contributed by atoms with van der Waals surface area (Å²) in [4.78, 5) is 28.5. The quantitative estimate of drug-likeness (QED) is 0.803. The van der Waals surface area contributed by atoms with Gasteiger partial charge in [-0.2, -0.15) is 0 Å². The Morgan fingerprint density at radius 1 is 1.14 bits per heavy atom. The van der Waals surface area contributed by atoms with Crippen LogP contribution in [0.4, 0.5) is 0 Å². The number of amides is 1. The molecule has 0 aliphatic heterocycles. The molecule has 0 aliphatic carbocycles. The number of rotatable bonds is 3. The fourth-order valence-electron chi connectivity index (χ4n) is 2.21. The van der Waals surface area contributed by atoms with E-state index in [0.29, 0.717) is 10.9 Å². The molecule has 2 aromatic carbocycles. The second kappa shape index (κ2) is 5.81. The summed E-state index contributed by atoms with van der Waals surface area (Å²) in [6, 6.07) is 14.7. The number of hydrogen-bond donors (Lipinski definition) is 1. The number of benzene rings is 2. The van der Waals surface area contributed by atoms with Gasteiger partial charge < -0.3 is 0 Å². The minimum absolute atomic E-state index is 0.208. The molecule has 5 heteroatoms. The molecule has 0 aliphatic rings. The normalized spacial score (nSPS) is 10.6. The van der Waals surface area contributed by atoms with Crippen molar-refractivity contribution in [3.8, 4) is 0 Å². The van der Waals surface area contributed by atoms with Gasteiger partial charge in [0.1, 0.15) is 6.33 Å². The van der Waals surface area contributed by atoms with Crippen LogP contribution in [0.5, 0.6) is 0 Å². The summed E-state index contributed by atoms with van der Waals surface area (Å²) >= 11 is 0. The molecular weight excluding hydrogens is 278 g/mol. The van der Waals surface area contributed by atoms with Gasteiger partial charge in [0.05, 0.1) is 17.3 Å². The Morgan fingerprint density at radius 3 is 2.64 bits per heavy atom. The first-order chi connectivity index (χ1) is 10.6. The molecule has 0 saturated carbocycles. The highest BCUT2D eigenvalue weighted by Gasteiger charge is 2.07. The number of fused-ring (bicyclic) bond motifs is 1. The Balaban J connectivity index is 1.81. The maximum atomic E-state index is 12.3. The largest absolute Gasteiger partial charge is 0.280 e. The highest BCUT2D eigenvalue weighted by Crippen LogP contribution is 2.05. The van der Waals surface area contributed by atoms with Crippen LogP contribution in [0.15, 0.2) is 59.7 Å². The Hall–Kier alpha value is -2.95. The molecule has 0 spiro atoms. The van der Waals surface area contributed by atoms with Crippen molar-refractivity contribution in [3.63, 3.8) is 0 Å². The van der Waals surface area contributed by atoms with Gasteiger partial charge in [-0.3, -0.25) is 15.0 Å². The summed E-state index contributed by atoms with van der Waals surface area (Å²) in [7, 11) is 0. The Labute approximate surface area is 127 Å². The first-order valence-corrected chi connectivity index (χ1v) is 6.95. The molecular formula is C17H15N3O2. The molecule has 1 heterocycles. The van der Waals surface area contributed by atoms with Crippen molar-refractivity contribution in [2.75, 3.05) is 5.43 Å². The average Bonchev–Trinajstić information content (AvgIpc) is 2.53. The van der Waals surface area contributed by atoms with E-state index < -0.39 is 0 Å². The highest BCUT2D eigenvalue weighted by atomic mass is 16.2. The van der Waals surface area contributed by atoms with Crippen molar-refractivity contribution in [2.24, 2.45) is 0 Å². The molecule has 0 saturated heterocycles. The fraction of sp³-hybridized carbons (Fsp3) is 0.118. The second-order valence-electron chi connectivity index (χ2n) is 5.13. The molecule has 0 bridgehead atoms. The third kappa shape index (κ3) is 2.88. The van der Waals surface area contributed by atoms with E-state index in [1.807, 2.05) is 37.3 Å². The van der Waals surface area contributed by atoms with E-state index in [4.69, 9.17) is 0 Å². The molecule has 0 radical (unpaired) electrons. The molecule has 5 nitrogen and oxygen atoms in total. The van der Waals surface area contributed by atoms with Crippen molar-refractivity contribution in [1.82, 2.24) is 9.66 Å². The zero-order chi connectivity index (χ0) is 15.5. The van der Waals surface area contributed by atoms with E-state index in [0.717, 1.165) is 15.8 Å². The van der Waals surface area contributed by atoms with Gasteiger partial charge in [-0.1, -0.05) is 42.0 Å². The second-order valence-corrected chi connectivity index (χ2v) is 5.13. The molecule has 0 fully saturated rings. The summed E-state index contributed by atoms with van der Waals surface area (Å²) in [5, 5.41) is 0.473. The molecule has 1 amide bonds. The monoisotopic (exact) mass is 293 g/mol. The zero-order valence-corrected chi connectivity index (χ0v) is 12.1. The third-order valence-electron chi connectivity index (χ3n) is 3.40. The van der Waals surface area contributed by atoms with Crippen LogP contribution < -0.4 is 11.0 Å². The van der Waals surface area contributed by atoms with Crippen LogP contribution in [0.3, 0.4) is 0 Å². The van der Waals surface area contributed by atoms with Crippen molar-refractivity contribution in [2.45, 2.75) is 13.3 Å². The fourth-order valence-corrected chi connectivity index (χ4v) is 2.21. The molecule has 0 atom stereocenters. The van der Waals surface area contributed by atoms with Crippen molar-refractivity contribution >= 4 is 16.8 Å². The number of hydrogen-bond acceptors (Lipinski definition) is 3. The van der Waals surface area contributed by atoms with Gasteiger partial charge in [-0.15, -0.1) is 0 Å².